The predicted molar refractivity (Wildman–Crippen MR) is 38.3 cm³/mol. The van der Waals surface area contributed by atoms with Crippen LogP contribution in [0.5, 0.6) is 0 Å². The van der Waals surface area contributed by atoms with Gasteiger partial charge in [0.1, 0.15) is 0 Å². The Hall–Kier alpha value is -1.65. The predicted octanol–water partition coefficient (Wildman–Crippen LogP) is 0.441. The van der Waals surface area contributed by atoms with Crippen LogP contribution in [0, 0.1) is 0 Å². The summed E-state index contributed by atoms with van der Waals surface area (Å²) >= 11 is 0. The maximum Gasteiger partial charge on any atom is 0.516 e. The first kappa shape index (κ1) is 10.3. The quantitative estimate of drug-likeness (QED) is 0.267. The molecule has 0 unspecified atom stereocenters. The fraction of sp³-hybridized carbons (Fsp3) is 0.286. The van der Waals surface area contributed by atoms with E-state index in [0.717, 1.165) is 0 Å². The van der Waals surface area contributed by atoms with E-state index >= 15 is 0 Å². The first-order valence-electron chi connectivity index (χ1n) is 3.06. The van der Waals surface area contributed by atoms with Crippen molar-refractivity contribution in [3.05, 3.63) is 12.2 Å². The van der Waals surface area contributed by atoms with E-state index in [0.29, 0.717) is 6.29 Å². The molecule has 0 atom stereocenters. The topological polar surface area (TPSA) is 69.7 Å². The van der Waals surface area contributed by atoms with Crippen LogP contribution in [-0.4, -0.2) is 25.0 Å². The van der Waals surface area contributed by atoms with Gasteiger partial charge in [0.05, 0.1) is 0 Å². The third kappa shape index (κ3) is 4.21. The summed E-state index contributed by atoms with van der Waals surface area (Å²) in [5, 5.41) is 0. The number of hydrogen-bond donors (Lipinski definition) is 0. The number of rotatable bonds is 3. The van der Waals surface area contributed by atoms with Gasteiger partial charge in [0.15, 0.2) is 12.9 Å². The molecule has 0 saturated heterocycles. The van der Waals surface area contributed by atoms with Gasteiger partial charge in [0.2, 0.25) is 0 Å². The molecule has 0 fully saturated rings. The summed E-state index contributed by atoms with van der Waals surface area (Å²) in [4.78, 5) is 30.8. The van der Waals surface area contributed by atoms with Crippen LogP contribution in [0.25, 0.3) is 0 Å². The minimum atomic E-state index is -1.20. The van der Waals surface area contributed by atoms with Crippen molar-refractivity contribution in [3.8, 4) is 0 Å². The molecule has 0 aliphatic carbocycles. The first-order chi connectivity index (χ1) is 5.57. The highest BCUT2D eigenvalue weighted by Gasteiger charge is 2.11. The number of carbonyl (C=O) groups is 3. The van der Waals surface area contributed by atoms with E-state index in [2.05, 4.69) is 16.1 Å². The standard InChI is InChI=1S/C7H8O5/c1-5(2)6(9)12-7(10)11-4-3-8/h3H,1,4H2,2H3. The van der Waals surface area contributed by atoms with Gasteiger partial charge in [-0.3, -0.25) is 4.79 Å². The Morgan fingerprint density at radius 1 is 1.50 bits per heavy atom. The Morgan fingerprint density at radius 2 is 2.08 bits per heavy atom. The van der Waals surface area contributed by atoms with Gasteiger partial charge in [-0.05, 0) is 6.92 Å². The van der Waals surface area contributed by atoms with Crippen LogP contribution in [0.4, 0.5) is 4.79 Å². The molecule has 0 aromatic rings. The van der Waals surface area contributed by atoms with Crippen molar-refractivity contribution in [2.45, 2.75) is 6.92 Å². The molecular weight excluding hydrogens is 164 g/mol. The number of aldehydes is 1. The molecule has 66 valence electrons. The highest BCUT2D eigenvalue weighted by atomic mass is 16.7. The van der Waals surface area contributed by atoms with Crippen molar-refractivity contribution in [1.82, 2.24) is 0 Å². The zero-order chi connectivity index (χ0) is 9.56. The molecule has 0 rings (SSSR count). The van der Waals surface area contributed by atoms with Gasteiger partial charge in [-0.2, -0.15) is 0 Å². The summed E-state index contributed by atoms with van der Waals surface area (Å²) < 4.78 is 8.18. The molecule has 0 radical (unpaired) electrons. The van der Waals surface area contributed by atoms with Gasteiger partial charge < -0.3 is 9.47 Å². The Bertz CT molecular complexity index is 218. The van der Waals surface area contributed by atoms with Gasteiger partial charge in [0, 0.05) is 5.57 Å². The second-order valence-electron chi connectivity index (χ2n) is 1.90. The molecular formula is C7H8O5. The van der Waals surface area contributed by atoms with Crippen LogP contribution in [-0.2, 0) is 19.1 Å². The van der Waals surface area contributed by atoms with E-state index in [4.69, 9.17) is 0 Å². The lowest BCUT2D eigenvalue weighted by molar-refractivity contribution is -0.136. The van der Waals surface area contributed by atoms with Crippen LogP contribution in [0.1, 0.15) is 6.92 Å². The summed E-state index contributed by atoms with van der Waals surface area (Å²) in [7, 11) is 0. The molecule has 0 bridgehead atoms. The summed E-state index contributed by atoms with van der Waals surface area (Å²) in [5.41, 5.74) is 0.0815. The largest absolute Gasteiger partial charge is 0.516 e. The van der Waals surface area contributed by atoms with Crippen LogP contribution in [0.3, 0.4) is 0 Å². The number of ether oxygens (including phenoxy) is 2. The second kappa shape index (κ2) is 5.06. The molecule has 12 heavy (non-hydrogen) atoms. The fourth-order valence-electron chi connectivity index (χ4n) is 0.294. The Labute approximate surface area is 69.0 Å². The molecule has 0 aliphatic heterocycles. The van der Waals surface area contributed by atoms with Gasteiger partial charge in [0.25, 0.3) is 0 Å². The molecule has 0 aliphatic rings. The highest BCUT2D eigenvalue weighted by molar-refractivity contribution is 5.93. The SMILES string of the molecule is C=C(C)C(=O)OC(=O)OCC=O. The molecule has 0 aromatic heterocycles. The molecule has 0 aromatic carbocycles. The third-order valence-corrected chi connectivity index (χ3v) is 0.794. The zero-order valence-electron chi connectivity index (χ0n) is 6.53. The van der Waals surface area contributed by atoms with Crippen LogP contribution in [0.15, 0.2) is 12.2 Å². The average molecular weight is 172 g/mol. The van der Waals surface area contributed by atoms with Gasteiger partial charge in [-0.15, -0.1) is 0 Å². The summed E-state index contributed by atoms with van der Waals surface area (Å²) in [6.45, 7) is 4.19. The summed E-state index contributed by atoms with van der Waals surface area (Å²) in [6, 6.07) is 0. The lowest BCUT2D eigenvalue weighted by atomic mass is 10.4. The fourth-order valence-corrected chi connectivity index (χ4v) is 0.294. The number of esters is 1. The normalized spacial score (nSPS) is 8.42. The zero-order valence-corrected chi connectivity index (χ0v) is 6.53. The Balaban J connectivity index is 3.76. The monoisotopic (exact) mass is 172 g/mol. The van der Waals surface area contributed by atoms with Gasteiger partial charge >= 0.3 is 12.1 Å². The maximum atomic E-state index is 10.6. The van der Waals surface area contributed by atoms with Crippen molar-refractivity contribution in [2.75, 3.05) is 6.61 Å². The number of carbonyl (C=O) groups excluding carboxylic acids is 3. The number of hydrogen-bond acceptors (Lipinski definition) is 5. The molecule has 0 spiro atoms. The van der Waals surface area contributed by atoms with Gasteiger partial charge in [-0.1, -0.05) is 6.58 Å². The molecule has 0 N–H and O–H groups in total. The van der Waals surface area contributed by atoms with Gasteiger partial charge in [-0.25, -0.2) is 9.59 Å². The van der Waals surface area contributed by atoms with E-state index in [9.17, 15) is 14.4 Å². The van der Waals surface area contributed by atoms with E-state index in [-0.39, 0.29) is 5.57 Å². The van der Waals surface area contributed by atoms with Crippen molar-refractivity contribution >= 4 is 18.4 Å². The molecule has 5 heteroatoms. The van der Waals surface area contributed by atoms with Crippen molar-refractivity contribution in [1.29, 1.82) is 0 Å². The van der Waals surface area contributed by atoms with Crippen LogP contribution in [0.2, 0.25) is 0 Å². The Morgan fingerprint density at radius 3 is 2.50 bits per heavy atom. The lowest BCUT2D eigenvalue weighted by Crippen LogP contribution is -2.14. The Kier molecular flexibility index (Phi) is 4.36. The molecule has 0 amide bonds. The molecule has 5 nitrogen and oxygen atoms in total. The highest BCUT2D eigenvalue weighted by Crippen LogP contribution is 1.94. The van der Waals surface area contributed by atoms with E-state index < -0.39 is 18.7 Å². The van der Waals surface area contributed by atoms with Crippen molar-refractivity contribution in [3.63, 3.8) is 0 Å². The first-order valence-corrected chi connectivity index (χ1v) is 3.06. The van der Waals surface area contributed by atoms with Crippen LogP contribution >= 0.6 is 0 Å². The second-order valence-corrected chi connectivity index (χ2v) is 1.90. The molecule has 0 saturated carbocycles. The van der Waals surface area contributed by atoms with E-state index in [1.165, 1.54) is 6.92 Å². The molecule has 0 heterocycles. The minimum Gasteiger partial charge on any atom is -0.426 e. The van der Waals surface area contributed by atoms with Crippen molar-refractivity contribution in [2.24, 2.45) is 0 Å². The van der Waals surface area contributed by atoms with Crippen LogP contribution < -0.4 is 0 Å². The van der Waals surface area contributed by atoms with E-state index in [1.54, 1.807) is 0 Å². The summed E-state index contributed by atoms with van der Waals surface area (Å²) in [6.07, 6.45) is -0.831. The van der Waals surface area contributed by atoms with Crippen molar-refractivity contribution < 1.29 is 23.9 Å². The maximum absolute atomic E-state index is 10.6. The smallest absolute Gasteiger partial charge is 0.426 e. The third-order valence-electron chi connectivity index (χ3n) is 0.794. The minimum absolute atomic E-state index is 0.0815. The van der Waals surface area contributed by atoms with E-state index in [1.807, 2.05) is 0 Å². The summed E-state index contributed by atoms with van der Waals surface area (Å²) in [5.74, 6) is -0.870. The average Bonchev–Trinajstić information content (AvgIpc) is 2.00. The lowest BCUT2D eigenvalue weighted by Gasteiger charge is -2.00.